The van der Waals surface area contributed by atoms with E-state index in [1.807, 2.05) is 0 Å². The van der Waals surface area contributed by atoms with Gasteiger partial charge >= 0.3 is 0 Å². The fourth-order valence-electron chi connectivity index (χ4n) is 1.87. The highest BCUT2D eigenvalue weighted by Crippen LogP contribution is 2.37. The van der Waals surface area contributed by atoms with E-state index in [0.29, 0.717) is 25.7 Å². The van der Waals surface area contributed by atoms with Crippen LogP contribution in [0.15, 0.2) is 0 Å². The number of rotatable bonds is 4. The van der Waals surface area contributed by atoms with Gasteiger partial charge in [0.2, 0.25) is 0 Å². The highest BCUT2D eigenvalue weighted by Gasteiger charge is 2.44. The lowest BCUT2D eigenvalue weighted by atomic mass is 9.74. The monoisotopic (exact) mass is 173 g/mol. The second-order valence-corrected chi connectivity index (χ2v) is 4.20. The summed E-state index contributed by atoms with van der Waals surface area (Å²) in [5.74, 6) is 0.593. The van der Waals surface area contributed by atoms with Crippen LogP contribution >= 0.6 is 0 Å². The summed E-state index contributed by atoms with van der Waals surface area (Å²) >= 11 is 0. The van der Waals surface area contributed by atoms with E-state index >= 15 is 0 Å². The van der Waals surface area contributed by atoms with Crippen molar-refractivity contribution in [2.45, 2.75) is 26.4 Å². The first kappa shape index (κ1) is 9.96. The van der Waals surface area contributed by atoms with Crippen molar-refractivity contribution >= 4 is 0 Å². The minimum absolute atomic E-state index is 0.0388. The average molecular weight is 173 g/mol. The van der Waals surface area contributed by atoms with Gasteiger partial charge in [0.05, 0.1) is 19.3 Å². The molecule has 72 valence electrons. The zero-order chi connectivity index (χ0) is 9.19. The molecule has 0 radical (unpaired) electrons. The van der Waals surface area contributed by atoms with Crippen molar-refractivity contribution < 1.29 is 9.84 Å². The van der Waals surface area contributed by atoms with Crippen LogP contribution in [0.4, 0.5) is 0 Å². The van der Waals surface area contributed by atoms with Crippen molar-refractivity contribution in [3.05, 3.63) is 0 Å². The fourth-order valence-corrected chi connectivity index (χ4v) is 1.87. The Balaban J connectivity index is 2.50. The molecule has 0 aliphatic carbocycles. The maximum Gasteiger partial charge on any atom is 0.0762 e. The number of aliphatic hydroxyl groups excluding tert-OH is 1. The van der Waals surface area contributed by atoms with E-state index in [4.69, 9.17) is 10.5 Å². The Morgan fingerprint density at radius 2 is 2.08 bits per heavy atom. The fraction of sp³-hybridized carbons (Fsp3) is 1.00. The topological polar surface area (TPSA) is 55.5 Å². The lowest BCUT2D eigenvalue weighted by Gasteiger charge is -2.45. The standard InChI is InChI=1S/C9H19NO2/c1-7(2)3-9(5-12-6-9)8(11)4-10/h7-8,11H,3-6,10H2,1-2H3. The van der Waals surface area contributed by atoms with E-state index in [1.54, 1.807) is 0 Å². The summed E-state index contributed by atoms with van der Waals surface area (Å²) in [5, 5.41) is 9.67. The first-order valence-electron chi connectivity index (χ1n) is 4.56. The number of hydrogen-bond donors (Lipinski definition) is 2. The van der Waals surface area contributed by atoms with Gasteiger partial charge in [-0.2, -0.15) is 0 Å². The van der Waals surface area contributed by atoms with Gasteiger partial charge in [0, 0.05) is 12.0 Å². The third-order valence-corrected chi connectivity index (χ3v) is 2.52. The molecule has 3 N–H and O–H groups in total. The van der Waals surface area contributed by atoms with Gasteiger partial charge in [-0.15, -0.1) is 0 Å². The molecule has 0 bridgehead atoms. The van der Waals surface area contributed by atoms with Crippen LogP contribution in [0, 0.1) is 11.3 Å². The Labute approximate surface area is 73.9 Å². The van der Waals surface area contributed by atoms with Crippen LogP contribution in [0.2, 0.25) is 0 Å². The van der Waals surface area contributed by atoms with Gasteiger partial charge < -0.3 is 15.6 Å². The predicted molar refractivity (Wildman–Crippen MR) is 47.8 cm³/mol. The van der Waals surface area contributed by atoms with Crippen LogP contribution in [-0.2, 0) is 4.74 Å². The summed E-state index contributed by atoms with van der Waals surface area (Å²) in [6.07, 6.45) is 0.611. The van der Waals surface area contributed by atoms with Crippen LogP contribution in [-0.4, -0.2) is 31.0 Å². The molecule has 1 atom stereocenters. The molecule has 0 spiro atoms. The van der Waals surface area contributed by atoms with Crippen molar-refractivity contribution in [3.8, 4) is 0 Å². The van der Waals surface area contributed by atoms with E-state index in [9.17, 15) is 5.11 Å². The van der Waals surface area contributed by atoms with Crippen LogP contribution in [0.3, 0.4) is 0 Å². The molecular formula is C9H19NO2. The second kappa shape index (κ2) is 3.73. The summed E-state index contributed by atoms with van der Waals surface area (Å²) in [6, 6.07) is 0. The SMILES string of the molecule is CC(C)CC1(C(O)CN)COC1. The quantitative estimate of drug-likeness (QED) is 0.645. The lowest BCUT2D eigenvalue weighted by Crippen LogP contribution is -2.54. The molecule has 0 saturated carbocycles. The van der Waals surface area contributed by atoms with Crippen molar-refractivity contribution in [1.82, 2.24) is 0 Å². The zero-order valence-corrected chi connectivity index (χ0v) is 7.92. The van der Waals surface area contributed by atoms with Gasteiger partial charge in [-0.3, -0.25) is 0 Å². The summed E-state index contributed by atoms with van der Waals surface area (Å²) in [4.78, 5) is 0. The van der Waals surface area contributed by atoms with E-state index < -0.39 is 6.10 Å². The first-order valence-corrected chi connectivity index (χ1v) is 4.56. The minimum atomic E-state index is -0.395. The Morgan fingerprint density at radius 3 is 2.33 bits per heavy atom. The van der Waals surface area contributed by atoms with Crippen molar-refractivity contribution in [2.75, 3.05) is 19.8 Å². The first-order chi connectivity index (χ1) is 5.60. The molecule has 0 aromatic heterocycles. The molecule has 1 rings (SSSR count). The molecule has 1 heterocycles. The number of hydrogen-bond acceptors (Lipinski definition) is 3. The third kappa shape index (κ3) is 1.79. The Hall–Kier alpha value is -0.120. The Bertz CT molecular complexity index is 143. The second-order valence-electron chi connectivity index (χ2n) is 4.20. The van der Waals surface area contributed by atoms with Crippen LogP contribution in [0.25, 0.3) is 0 Å². The maximum absolute atomic E-state index is 9.67. The van der Waals surface area contributed by atoms with E-state index in [1.165, 1.54) is 0 Å². The molecule has 3 nitrogen and oxygen atoms in total. The van der Waals surface area contributed by atoms with Crippen LogP contribution < -0.4 is 5.73 Å². The molecule has 0 amide bonds. The molecule has 1 fully saturated rings. The number of nitrogens with two attached hydrogens (primary N) is 1. The van der Waals surface area contributed by atoms with Crippen molar-refractivity contribution in [2.24, 2.45) is 17.1 Å². The van der Waals surface area contributed by atoms with Crippen molar-refractivity contribution in [1.29, 1.82) is 0 Å². The molecule has 1 saturated heterocycles. The van der Waals surface area contributed by atoms with Crippen LogP contribution in [0.5, 0.6) is 0 Å². The van der Waals surface area contributed by atoms with Gasteiger partial charge in [0.1, 0.15) is 0 Å². The smallest absolute Gasteiger partial charge is 0.0762 e. The van der Waals surface area contributed by atoms with Crippen LogP contribution in [0.1, 0.15) is 20.3 Å². The third-order valence-electron chi connectivity index (χ3n) is 2.52. The summed E-state index contributed by atoms with van der Waals surface area (Å²) < 4.78 is 5.15. The lowest BCUT2D eigenvalue weighted by molar-refractivity contribution is -0.177. The van der Waals surface area contributed by atoms with Gasteiger partial charge in [0.25, 0.3) is 0 Å². The predicted octanol–water partition coefficient (Wildman–Crippen LogP) is 0.369. The van der Waals surface area contributed by atoms with Gasteiger partial charge in [-0.1, -0.05) is 13.8 Å². The largest absolute Gasteiger partial charge is 0.391 e. The van der Waals surface area contributed by atoms with Gasteiger partial charge in [-0.05, 0) is 12.3 Å². The summed E-state index contributed by atoms with van der Waals surface area (Å²) in [5.41, 5.74) is 5.40. The molecule has 1 aliphatic rings. The molecule has 3 heteroatoms. The van der Waals surface area contributed by atoms with Gasteiger partial charge in [0.15, 0.2) is 0 Å². The van der Waals surface area contributed by atoms with Crippen molar-refractivity contribution in [3.63, 3.8) is 0 Å². The molecule has 12 heavy (non-hydrogen) atoms. The number of ether oxygens (including phenoxy) is 1. The van der Waals surface area contributed by atoms with E-state index in [-0.39, 0.29) is 5.41 Å². The highest BCUT2D eigenvalue weighted by atomic mass is 16.5. The van der Waals surface area contributed by atoms with E-state index in [2.05, 4.69) is 13.8 Å². The molecule has 0 aromatic rings. The molecule has 1 unspecified atom stereocenters. The van der Waals surface area contributed by atoms with E-state index in [0.717, 1.165) is 6.42 Å². The highest BCUT2D eigenvalue weighted by molar-refractivity contribution is 4.93. The number of aliphatic hydroxyl groups is 1. The Morgan fingerprint density at radius 1 is 1.50 bits per heavy atom. The molecular weight excluding hydrogens is 154 g/mol. The minimum Gasteiger partial charge on any atom is -0.391 e. The molecule has 1 aliphatic heterocycles. The molecule has 0 aromatic carbocycles. The zero-order valence-electron chi connectivity index (χ0n) is 7.92. The summed E-state index contributed by atoms with van der Waals surface area (Å²) in [6.45, 7) is 6.00. The van der Waals surface area contributed by atoms with Gasteiger partial charge in [-0.25, -0.2) is 0 Å². The maximum atomic E-state index is 9.67. The Kier molecular flexibility index (Phi) is 3.09. The normalized spacial score (nSPS) is 23.8. The summed E-state index contributed by atoms with van der Waals surface area (Å²) in [7, 11) is 0. The average Bonchev–Trinajstić information content (AvgIpc) is 1.95.